The minimum absolute atomic E-state index is 0.0239. The molecule has 0 radical (unpaired) electrons. The minimum atomic E-state index is -0.299. The van der Waals surface area contributed by atoms with Gasteiger partial charge in [-0.2, -0.15) is 0 Å². The van der Waals surface area contributed by atoms with E-state index in [1.807, 2.05) is 13.8 Å². The normalized spacial score (nSPS) is 11.7. The van der Waals surface area contributed by atoms with E-state index in [9.17, 15) is 4.79 Å². The van der Waals surface area contributed by atoms with Crippen LogP contribution in [0.4, 0.5) is 5.69 Å². The van der Waals surface area contributed by atoms with Gasteiger partial charge in [0.1, 0.15) is 6.61 Å². The molecule has 0 spiro atoms. The Morgan fingerprint density at radius 3 is 2.79 bits per heavy atom. The van der Waals surface area contributed by atoms with Gasteiger partial charge in [-0.3, -0.25) is 4.79 Å². The van der Waals surface area contributed by atoms with Crippen molar-refractivity contribution in [3.8, 4) is 0 Å². The van der Waals surface area contributed by atoms with Gasteiger partial charge in [0.25, 0.3) is 0 Å². The van der Waals surface area contributed by atoms with Crippen molar-refractivity contribution in [3.05, 3.63) is 28.8 Å². The highest BCUT2D eigenvalue weighted by molar-refractivity contribution is 6.34. The first-order valence-electron chi connectivity index (χ1n) is 5.63. The lowest BCUT2D eigenvalue weighted by atomic mass is 10.2. The van der Waals surface area contributed by atoms with Crippen LogP contribution in [0.15, 0.2) is 23.4 Å². The smallest absolute Gasteiger partial charge is 0.250 e. The largest absolute Gasteiger partial charge is 0.409 e. The van der Waals surface area contributed by atoms with Gasteiger partial charge in [-0.15, -0.1) is 0 Å². The minimum Gasteiger partial charge on any atom is -0.409 e. The molecule has 0 heterocycles. The fraction of sp³-hybridized carbons (Fsp3) is 0.333. The van der Waals surface area contributed by atoms with Crippen molar-refractivity contribution < 1.29 is 14.7 Å². The zero-order chi connectivity index (χ0) is 14.4. The monoisotopic (exact) mass is 285 g/mol. The number of amidine groups is 1. The highest BCUT2D eigenvalue weighted by atomic mass is 35.5. The average Bonchev–Trinajstić information content (AvgIpc) is 2.37. The number of ether oxygens (including phenoxy) is 1. The SMILES string of the molecule is CC(C)OCC(=O)Nc1ccc(/C(N)=N/O)cc1Cl. The molecule has 0 aliphatic rings. The zero-order valence-corrected chi connectivity index (χ0v) is 11.4. The Morgan fingerprint density at radius 1 is 1.58 bits per heavy atom. The van der Waals surface area contributed by atoms with Gasteiger partial charge in [-0.25, -0.2) is 0 Å². The number of carbonyl (C=O) groups is 1. The second-order valence-corrected chi connectivity index (χ2v) is 4.50. The maximum Gasteiger partial charge on any atom is 0.250 e. The topological polar surface area (TPSA) is 96.9 Å². The van der Waals surface area contributed by atoms with Crippen molar-refractivity contribution in [2.75, 3.05) is 11.9 Å². The number of anilines is 1. The maximum absolute atomic E-state index is 11.6. The van der Waals surface area contributed by atoms with Crippen LogP contribution in [0.2, 0.25) is 5.02 Å². The van der Waals surface area contributed by atoms with E-state index in [0.717, 1.165) is 0 Å². The predicted octanol–water partition coefficient (Wildman–Crippen LogP) is 1.80. The summed E-state index contributed by atoms with van der Waals surface area (Å²) in [7, 11) is 0. The van der Waals surface area contributed by atoms with E-state index in [4.69, 9.17) is 27.3 Å². The molecule has 0 aliphatic heterocycles. The molecule has 104 valence electrons. The van der Waals surface area contributed by atoms with Crippen LogP contribution in [0.5, 0.6) is 0 Å². The number of halogens is 1. The van der Waals surface area contributed by atoms with E-state index in [1.165, 1.54) is 6.07 Å². The third-order valence-corrected chi connectivity index (χ3v) is 2.51. The Labute approximate surface area is 116 Å². The molecule has 0 bridgehead atoms. The second-order valence-electron chi connectivity index (χ2n) is 4.09. The molecule has 4 N–H and O–H groups in total. The summed E-state index contributed by atoms with van der Waals surface area (Å²) in [6.45, 7) is 3.63. The van der Waals surface area contributed by atoms with Crippen LogP contribution in [0.1, 0.15) is 19.4 Å². The Balaban J connectivity index is 2.72. The Bertz CT molecular complexity index is 489. The number of oxime groups is 1. The molecule has 0 atom stereocenters. The molecular weight excluding hydrogens is 270 g/mol. The molecule has 7 heteroatoms. The Morgan fingerprint density at radius 2 is 2.26 bits per heavy atom. The van der Waals surface area contributed by atoms with Crippen molar-refractivity contribution in [1.29, 1.82) is 0 Å². The lowest BCUT2D eigenvalue weighted by molar-refractivity contribution is -0.121. The first-order chi connectivity index (χ1) is 8.93. The van der Waals surface area contributed by atoms with Gasteiger partial charge < -0.3 is 21.0 Å². The summed E-state index contributed by atoms with van der Waals surface area (Å²) in [4.78, 5) is 11.6. The van der Waals surface area contributed by atoms with Gasteiger partial charge in [0.15, 0.2) is 5.84 Å². The Kier molecular flexibility index (Phi) is 5.59. The van der Waals surface area contributed by atoms with E-state index in [-0.39, 0.29) is 24.5 Å². The van der Waals surface area contributed by atoms with Gasteiger partial charge in [0.2, 0.25) is 5.91 Å². The third-order valence-electron chi connectivity index (χ3n) is 2.19. The highest BCUT2D eigenvalue weighted by Crippen LogP contribution is 2.22. The van der Waals surface area contributed by atoms with Crippen LogP contribution in [0, 0.1) is 0 Å². The fourth-order valence-corrected chi connectivity index (χ4v) is 1.49. The number of hydrogen-bond donors (Lipinski definition) is 3. The van der Waals surface area contributed by atoms with Gasteiger partial charge in [0, 0.05) is 5.56 Å². The number of nitrogens with two attached hydrogens (primary N) is 1. The number of benzene rings is 1. The van der Waals surface area contributed by atoms with Crippen LogP contribution in [-0.4, -0.2) is 29.7 Å². The third kappa shape index (κ3) is 4.76. The van der Waals surface area contributed by atoms with E-state index in [0.29, 0.717) is 16.3 Å². The summed E-state index contributed by atoms with van der Waals surface area (Å²) >= 11 is 5.99. The van der Waals surface area contributed by atoms with E-state index >= 15 is 0 Å². The van der Waals surface area contributed by atoms with Crippen LogP contribution >= 0.6 is 11.6 Å². The first kappa shape index (κ1) is 15.3. The lowest BCUT2D eigenvalue weighted by Crippen LogP contribution is -2.21. The second kappa shape index (κ2) is 6.96. The number of hydrogen-bond acceptors (Lipinski definition) is 4. The summed E-state index contributed by atoms with van der Waals surface area (Å²) in [5.41, 5.74) is 6.33. The number of amides is 1. The molecule has 0 saturated carbocycles. The molecule has 1 amide bonds. The molecule has 1 rings (SSSR count). The van der Waals surface area contributed by atoms with Crippen LogP contribution < -0.4 is 11.1 Å². The summed E-state index contributed by atoms with van der Waals surface area (Å²) in [6, 6.07) is 4.65. The van der Waals surface area contributed by atoms with Crippen LogP contribution in [0.3, 0.4) is 0 Å². The number of nitrogens with one attached hydrogen (secondary N) is 1. The molecule has 1 aromatic rings. The van der Waals surface area contributed by atoms with Crippen molar-refractivity contribution >= 4 is 29.0 Å². The van der Waals surface area contributed by atoms with Gasteiger partial charge in [-0.05, 0) is 32.0 Å². The molecule has 1 aromatic carbocycles. The molecule has 0 saturated heterocycles. The van der Waals surface area contributed by atoms with Crippen molar-refractivity contribution in [2.45, 2.75) is 20.0 Å². The summed E-state index contributed by atoms with van der Waals surface area (Å²) < 4.78 is 5.17. The number of nitrogens with zero attached hydrogens (tertiary/aromatic N) is 1. The number of rotatable bonds is 5. The predicted molar refractivity (Wildman–Crippen MR) is 73.7 cm³/mol. The van der Waals surface area contributed by atoms with Gasteiger partial charge in [0.05, 0.1) is 16.8 Å². The summed E-state index contributed by atoms with van der Waals surface area (Å²) in [5, 5.41) is 14.3. The molecule has 6 nitrogen and oxygen atoms in total. The molecule has 0 fully saturated rings. The maximum atomic E-state index is 11.6. The number of carbonyl (C=O) groups excluding carboxylic acids is 1. The molecule has 0 unspecified atom stereocenters. The highest BCUT2D eigenvalue weighted by Gasteiger charge is 2.09. The zero-order valence-electron chi connectivity index (χ0n) is 10.7. The van der Waals surface area contributed by atoms with E-state index < -0.39 is 0 Å². The van der Waals surface area contributed by atoms with Crippen LogP contribution in [0.25, 0.3) is 0 Å². The molecule has 0 aliphatic carbocycles. The quantitative estimate of drug-likeness (QED) is 0.332. The van der Waals surface area contributed by atoms with Crippen molar-refractivity contribution in [3.63, 3.8) is 0 Å². The fourth-order valence-electron chi connectivity index (χ4n) is 1.26. The Hall–Kier alpha value is -1.79. The summed E-state index contributed by atoms with van der Waals surface area (Å²) in [5.74, 6) is -0.352. The average molecular weight is 286 g/mol. The van der Waals surface area contributed by atoms with Crippen molar-refractivity contribution in [1.82, 2.24) is 0 Å². The van der Waals surface area contributed by atoms with E-state index in [2.05, 4.69) is 10.5 Å². The molecule has 19 heavy (non-hydrogen) atoms. The first-order valence-corrected chi connectivity index (χ1v) is 6.00. The van der Waals surface area contributed by atoms with Gasteiger partial charge >= 0.3 is 0 Å². The van der Waals surface area contributed by atoms with E-state index in [1.54, 1.807) is 12.1 Å². The van der Waals surface area contributed by atoms with Crippen molar-refractivity contribution in [2.24, 2.45) is 10.9 Å². The molecular formula is C12H16ClN3O3. The summed E-state index contributed by atoms with van der Waals surface area (Å²) in [6.07, 6.45) is -0.0239. The molecule has 0 aromatic heterocycles. The standard InChI is InChI=1S/C12H16ClN3O3/c1-7(2)19-6-11(17)15-10-4-3-8(5-9(10)13)12(14)16-18/h3-5,7,18H,6H2,1-2H3,(H2,14,16)(H,15,17). The lowest BCUT2D eigenvalue weighted by Gasteiger charge is -2.10. The van der Waals surface area contributed by atoms with Gasteiger partial charge in [-0.1, -0.05) is 16.8 Å². The van der Waals surface area contributed by atoms with Crippen LogP contribution in [-0.2, 0) is 9.53 Å².